The van der Waals surface area contributed by atoms with Crippen LogP contribution >= 0.6 is 15.8 Å². The summed E-state index contributed by atoms with van der Waals surface area (Å²) in [5.41, 5.74) is 8.27. The Balaban J connectivity index is 3.25. The van der Waals surface area contributed by atoms with Crippen LogP contribution in [0.3, 0.4) is 0 Å². The predicted octanol–water partition coefficient (Wildman–Crippen LogP) is 7.36. The Bertz CT molecular complexity index is 540. The molecule has 0 heterocycles. The van der Waals surface area contributed by atoms with Gasteiger partial charge in [0, 0.05) is 11.1 Å². The van der Waals surface area contributed by atoms with E-state index in [1.807, 2.05) is 13.8 Å². The molecule has 0 aromatic heterocycles. The zero-order valence-electron chi connectivity index (χ0n) is 18.7. The molecule has 0 unspecified atom stereocenters. The number of ketones is 1. The highest BCUT2D eigenvalue weighted by molar-refractivity contribution is 7.59. The van der Waals surface area contributed by atoms with E-state index in [2.05, 4.69) is 62.0 Å². The first kappa shape index (κ1) is 23.8. The summed E-state index contributed by atoms with van der Waals surface area (Å²) in [5, 5.41) is 0. The summed E-state index contributed by atoms with van der Waals surface area (Å²) in [7, 11) is -0.281. The van der Waals surface area contributed by atoms with Gasteiger partial charge < -0.3 is 0 Å². The molecule has 26 heavy (non-hydrogen) atoms. The number of Topliss-reactive ketones (excluding diaryl/α,β-unsaturated/α-hetero) is 1. The molecule has 0 aliphatic heterocycles. The average Bonchev–Trinajstić information content (AvgIpc) is 2.51. The Morgan fingerprint density at radius 2 is 0.962 bits per heavy atom. The highest BCUT2D eigenvalue weighted by Crippen LogP contribution is 2.53. The fourth-order valence-electron chi connectivity index (χ4n) is 3.91. The van der Waals surface area contributed by atoms with E-state index in [4.69, 9.17) is 0 Å². The van der Waals surface area contributed by atoms with E-state index in [-0.39, 0.29) is 21.6 Å². The number of allylic oxidation sites excluding steroid dienone is 5. The van der Waals surface area contributed by atoms with Gasteiger partial charge in [0.25, 0.3) is 0 Å². The van der Waals surface area contributed by atoms with E-state index in [9.17, 15) is 4.79 Å². The fourth-order valence-corrected chi connectivity index (χ4v) is 9.34. The van der Waals surface area contributed by atoms with Crippen molar-refractivity contribution in [2.75, 3.05) is 12.3 Å². The minimum absolute atomic E-state index is 0.141. The van der Waals surface area contributed by atoms with Crippen LogP contribution < -0.4 is 0 Å². The van der Waals surface area contributed by atoms with Crippen molar-refractivity contribution < 1.29 is 4.79 Å². The molecule has 0 aromatic rings. The summed E-state index contributed by atoms with van der Waals surface area (Å²) < 4.78 is 0. The summed E-state index contributed by atoms with van der Waals surface area (Å²) in [6.07, 6.45) is 2.08. The lowest BCUT2D eigenvalue weighted by Gasteiger charge is -2.34. The van der Waals surface area contributed by atoms with Gasteiger partial charge in [-0.2, -0.15) is 0 Å². The zero-order chi connectivity index (χ0) is 20.3. The molecule has 148 valence electrons. The Kier molecular flexibility index (Phi) is 8.96. The van der Waals surface area contributed by atoms with Gasteiger partial charge in [0.1, 0.15) is 0 Å². The SMILES string of the molecule is C=C1C(CP(C(C)C)C(C)C)=C(C)C(=O)C(C)=C1CP(C(C)C)C(C)C. The maximum absolute atomic E-state index is 13.0. The van der Waals surface area contributed by atoms with Gasteiger partial charge >= 0.3 is 0 Å². The molecule has 1 aliphatic carbocycles. The van der Waals surface area contributed by atoms with Crippen LogP contribution in [0.15, 0.2) is 34.4 Å². The van der Waals surface area contributed by atoms with Crippen molar-refractivity contribution in [3.05, 3.63) is 34.4 Å². The normalized spacial score (nSPS) is 16.8. The van der Waals surface area contributed by atoms with Crippen LogP contribution in [0.2, 0.25) is 0 Å². The van der Waals surface area contributed by atoms with E-state index < -0.39 is 0 Å². The molecule has 3 heteroatoms. The van der Waals surface area contributed by atoms with Crippen LogP contribution in [-0.4, -0.2) is 40.7 Å². The van der Waals surface area contributed by atoms with Crippen molar-refractivity contribution in [2.24, 2.45) is 0 Å². The highest BCUT2D eigenvalue weighted by Gasteiger charge is 2.31. The van der Waals surface area contributed by atoms with Crippen molar-refractivity contribution in [3.63, 3.8) is 0 Å². The number of carbonyl (C=O) groups excluding carboxylic acids is 1. The summed E-state index contributed by atoms with van der Waals surface area (Å²) in [4.78, 5) is 13.0. The Labute approximate surface area is 165 Å². The Hall–Kier alpha value is -0.250. The maximum Gasteiger partial charge on any atom is 0.185 e. The smallest absolute Gasteiger partial charge is 0.185 e. The molecule has 0 saturated heterocycles. The second-order valence-electron chi connectivity index (χ2n) is 8.73. The molecule has 1 rings (SSSR count). The van der Waals surface area contributed by atoms with Crippen molar-refractivity contribution in [1.29, 1.82) is 0 Å². The lowest BCUT2D eigenvalue weighted by molar-refractivity contribution is -0.112. The first-order valence-corrected chi connectivity index (χ1v) is 13.4. The van der Waals surface area contributed by atoms with Crippen molar-refractivity contribution in [1.82, 2.24) is 0 Å². The summed E-state index contributed by atoms with van der Waals surface area (Å²) >= 11 is 0. The van der Waals surface area contributed by atoms with Gasteiger partial charge in [-0.15, -0.1) is 0 Å². The van der Waals surface area contributed by atoms with Crippen LogP contribution in [-0.2, 0) is 4.79 Å². The second-order valence-corrected chi connectivity index (χ2v) is 15.6. The van der Waals surface area contributed by atoms with E-state index in [0.29, 0.717) is 22.6 Å². The number of hydrogen-bond acceptors (Lipinski definition) is 1. The lowest BCUT2D eigenvalue weighted by atomic mass is 9.84. The topological polar surface area (TPSA) is 17.1 Å². The number of rotatable bonds is 8. The third-order valence-electron chi connectivity index (χ3n) is 5.65. The Morgan fingerprint density at radius 3 is 1.19 bits per heavy atom. The van der Waals surface area contributed by atoms with Crippen LogP contribution in [0.25, 0.3) is 0 Å². The standard InChI is InChI=1S/C23H40OP2/c1-14(2)25(15(3)4)12-21-18(9)22(20(11)23(24)19(21)10)13-26(16(5)6)17(7)8/h14-17H,9,12-13H2,1-8,10-11H3. The molecule has 0 spiro atoms. The summed E-state index contributed by atoms with van der Waals surface area (Å²) in [6, 6.07) is 0. The predicted molar refractivity (Wildman–Crippen MR) is 124 cm³/mol. The van der Waals surface area contributed by atoms with Gasteiger partial charge in [0.15, 0.2) is 5.78 Å². The molecular weight excluding hydrogens is 354 g/mol. The minimum Gasteiger partial charge on any atom is -0.289 e. The summed E-state index contributed by atoms with van der Waals surface area (Å²) in [5.74, 6) is 0.257. The second kappa shape index (κ2) is 9.80. The molecule has 0 fully saturated rings. The molecule has 0 saturated carbocycles. The van der Waals surface area contributed by atoms with E-state index >= 15 is 0 Å². The van der Waals surface area contributed by atoms with Crippen molar-refractivity contribution >= 4 is 21.6 Å². The molecule has 0 atom stereocenters. The van der Waals surface area contributed by atoms with Crippen LogP contribution in [0.1, 0.15) is 69.2 Å². The average molecular weight is 395 g/mol. The van der Waals surface area contributed by atoms with Crippen LogP contribution in [0.4, 0.5) is 0 Å². The van der Waals surface area contributed by atoms with Gasteiger partial charge in [-0.25, -0.2) is 0 Å². The van der Waals surface area contributed by atoms with E-state index in [1.54, 1.807) is 0 Å². The maximum atomic E-state index is 13.0. The molecule has 0 N–H and O–H groups in total. The molecule has 0 radical (unpaired) electrons. The van der Waals surface area contributed by atoms with Gasteiger partial charge in [0.05, 0.1) is 0 Å². The third kappa shape index (κ3) is 5.39. The lowest BCUT2D eigenvalue weighted by Crippen LogP contribution is -2.21. The number of carbonyl (C=O) groups is 1. The first-order chi connectivity index (χ1) is 11.9. The van der Waals surface area contributed by atoms with Gasteiger partial charge in [-0.3, -0.25) is 4.79 Å². The largest absolute Gasteiger partial charge is 0.289 e. The summed E-state index contributed by atoms with van der Waals surface area (Å²) in [6.45, 7) is 27.2. The van der Waals surface area contributed by atoms with Crippen molar-refractivity contribution in [2.45, 2.75) is 91.9 Å². The van der Waals surface area contributed by atoms with E-state index in [0.717, 1.165) is 23.5 Å². The molecule has 1 nitrogen and oxygen atoms in total. The zero-order valence-corrected chi connectivity index (χ0v) is 20.5. The molecule has 1 aliphatic rings. The third-order valence-corrected chi connectivity index (χ3v) is 12.3. The molecule has 0 amide bonds. The quantitative estimate of drug-likeness (QED) is 0.393. The fraction of sp³-hybridized carbons (Fsp3) is 0.696. The Morgan fingerprint density at radius 1 is 0.692 bits per heavy atom. The molecular formula is C23H40OP2. The minimum atomic E-state index is -0.141. The van der Waals surface area contributed by atoms with Crippen molar-refractivity contribution in [3.8, 4) is 0 Å². The van der Waals surface area contributed by atoms with Crippen LogP contribution in [0.5, 0.6) is 0 Å². The van der Waals surface area contributed by atoms with Gasteiger partial charge in [-0.1, -0.05) is 77.8 Å². The molecule has 0 aromatic carbocycles. The molecule has 0 bridgehead atoms. The monoisotopic (exact) mass is 394 g/mol. The van der Waals surface area contributed by atoms with Gasteiger partial charge in [-0.05, 0) is 65.5 Å². The highest BCUT2D eigenvalue weighted by atomic mass is 31.1. The van der Waals surface area contributed by atoms with E-state index in [1.165, 1.54) is 16.7 Å². The first-order valence-electron chi connectivity index (χ1n) is 10.0. The van der Waals surface area contributed by atoms with Crippen LogP contribution in [0, 0.1) is 0 Å². The number of hydrogen-bond donors (Lipinski definition) is 0. The van der Waals surface area contributed by atoms with Gasteiger partial charge in [0.2, 0.25) is 0 Å².